The molecule has 0 radical (unpaired) electrons. The van der Waals surface area contributed by atoms with Gasteiger partial charge in [-0.05, 0) is 31.0 Å². The van der Waals surface area contributed by atoms with Crippen LogP contribution in [-0.4, -0.2) is 24.2 Å². The maximum Gasteiger partial charge on any atom is 0.335 e. The van der Waals surface area contributed by atoms with E-state index in [0.717, 1.165) is 18.9 Å². The van der Waals surface area contributed by atoms with Crippen molar-refractivity contribution in [2.24, 2.45) is 0 Å². The minimum absolute atomic E-state index is 0.00709. The quantitative estimate of drug-likeness (QED) is 0.896. The van der Waals surface area contributed by atoms with Crippen LogP contribution in [0.1, 0.15) is 42.5 Å². The molecular weight excluding hydrogens is 233 g/mol. The number of anilines is 1. The van der Waals surface area contributed by atoms with E-state index in [1.54, 1.807) is 6.07 Å². The predicted molar refractivity (Wildman–Crippen MR) is 68.6 cm³/mol. The Kier molecular flexibility index (Phi) is 3.84. The van der Waals surface area contributed by atoms with Gasteiger partial charge in [0, 0.05) is 18.8 Å². The van der Waals surface area contributed by atoms with Gasteiger partial charge in [0.15, 0.2) is 0 Å². The van der Waals surface area contributed by atoms with E-state index in [9.17, 15) is 9.18 Å². The van der Waals surface area contributed by atoms with Gasteiger partial charge in [-0.15, -0.1) is 0 Å². The van der Waals surface area contributed by atoms with Gasteiger partial charge in [0.1, 0.15) is 5.82 Å². The molecule has 1 aliphatic rings. The summed E-state index contributed by atoms with van der Waals surface area (Å²) in [7, 11) is 1.91. The molecule has 0 atom stereocenters. The summed E-state index contributed by atoms with van der Waals surface area (Å²) in [6, 6.07) is 4.39. The largest absolute Gasteiger partial charge is 0.478 e. The smallest absolute Gasteiger partial charge is 0.335 e. The zero-order valence-electron chi connectivity index (χ0n) is 10.5. The molecule has 4 heteroatoms. The Morgan fingerprint density at radius 2 is 1.94 bits per heavy atom. The lowest BCUT2D eigenvalue weighted by Gasteiger charge is -2.33. The second kappa shape index (κ2) is 5.38. The topological polar surface area (TPSA) is 40.5 Å². The maximum atomic E-state index is 13.4. The molecule has 0 amide bonds. The van der Waals surface area contributed by atoms with Crippen molar-refractivity contribution in [1.82, 2.24) is 0 Å². The number of nitrogens with zero attached hydrogens (tertiary/aromatic N) is 1. The molecule has 0 saturated heterocycles. The average molecular weight is 251 g/mol. The first-order valence-electron chi connectivity index (χ1n) is 6.34. The molecule has 0 spiro atoms. The molecule has 0 aromatic heterocycles. The van der Waals surface area contributed by atoms with Crippen LogP contribution >= 0.6 is 0 Å². The van der Waals surface area contributed by atoms with E-state index < -0.39 is 11.8 Å². The molecule has 0 aliphatic heterocycles. The predicted octanol–water partition coefficient (Wildman–Crippen LogP) is 3.29. The van der Waals surface area contributed by atoms with Crippen LogP contribution in [0.2, 0.25) is 0 Å². The number of hydrogen-bond acceptors (Lipinski definition) is 2. The average Bonchev–Trinajstić information content (AvgIpc) is 2.38. The number of aromatic carboxylic acids is 1. The number of carboxylic acid groups (broad SMARTS) is 1. The van der Waals surface area contributed by atoms with Crippen LogP contribution < -0.4 is 4.90 Å². The van der Waals surface area contributed by atoms with Crippen LogP contribution in [0, 0.1) is 5.82 Å². The van der Waals surface area contributed by atoms with Gasteiger partial charge in [-0.3, -0.25) is 0 Å². The number of halogens is 1. The van der Waals surface area contributed by atoms with Crippen LogP contribution in [0.15, 0.2) is 18.2 Å². The van der Waals surface area contributed by atoms with Crippen LogP contribution in [0.5, 0.6) is 0 Å². The SMILES string of the molecule is CN(c1cc(F)cc(C(=O)O)c1)C1CCCCC1. The van der Waals surface area contributed by atoms with Crippen molar-refractivity contribution < 1.29 is 14.3 Å². The third-order valence-electron chi connectivity index (χ3n) is 3.66. The van der Waals surface area contributed by atoms with E-state index in [1.165, 1.54) is 25.3 Å². The highest BCUT2D eigenvalue weighted by Gasteiger charge is 2.19. The van der Waals surface area contributed by atoms with Gasteiger partial charge in [-0.25, -0.2) is 9.18 Å². The Bertz CT molecular complexity index is 441. The van der Waals surface area contributed by atoms with Crippen LogP contribution in [0.25, 0.3) is 0 Å². The Balaban J connectivity index is 2.23. The Hall–Kier alpha value is -1.58. The summed E-state index contributed by atoms with van der Waals surface area (Å²) in [5.74, 6) is -1.58. The van der Waals surface area contributed by atoms with Crippen molar-refractivity contribution in [3.05, 3.63) is 29.6 Å². The van der Waals surface area contributed by atoms with E-state index in [2.05, 4.69) is 0 Å². The van der Waals surface area contributed by atoms with Crippen LogP contribution in [0.3, 0.4) is 0 Å². The van der Waals surface area contributed by atoms with Gasteiger partial charge >= 0.3 is 5.97 Å². The lowest BCUT2D eigenvalue weighted by Crippen LogP contribution is -2.33. The molecular formula is C14H18FNO2. The summed E-state index contributed by atoms with van der Waals surface area (Å²) in [4.78, 5) is 12.9. The molecule has 1 aliphatic carbocycles. The van der Waals surface area contributed by atoms with Gasteiger partial charge in [0.2, 0.25) is 0 Å². The minimum atomic E-state index is -1.09. The molecule has 98 valence electrons. The zero-order chi connectivity index (χ0) is 13.1. The number of carbonyl (C=O) groups is 1. The van der Waals surface area contributed by atoms with Crippen LogP contribution in [0.4, 0.5) is 10.1 Å². The number of hydrogen-bond donors (Lipinski definition) is 1. The first-order valence-corrected chi connectivity index (χ1v) is 6.34. The lowest BCUT2D eigenvalue weighted by molar-refractivity contribution is 0.0696. The van der Waals surface area contributed by atoms with Crippen LogP contribution in [-0.2, 0) is 0 Å². The fraction of sp³-hybridized carbons (Fsp3) is 0.500. The fourth-order valence-electron chi connectivity index (χ4n) is 2.58. The summed E-state index contributed by atoms with van der Waals surface area (Å²) in [6.45, 7) is 0. The molecule has 1 N–H and O–H groups in total. The highest BCUT2D eigenvalue weighted by molar-refractivity contribution is 5.88. The summed E-state index contributed by atoms with van der Waals surface area (Å²) in [5.41, 5.74) is 0.659. The second-order valence-corrected chi connectivity index (χ2v) is 4.91. The van der Waals surface area contributed by atoms with E-state index in [1.807, 2.05) is 11.9 Å². The lowest BCUT2D eigenvalue weighted by atomic mass is 9.94. The highest BCUT2D eigenvalue weighted by atomic mass is 19.1. The monoisotopic (exact) mass is 251 g/mol. The highest BCUT2D eigenvalue weighted by Crippen LogP contribution is 2.27. The van der Waals surface area contributed by atoms with Gasteiger partial charge < -0.3 is 10.0 Å². The van der Waals surface area contributed by atoms with Gasteiger partial charge in [0.05, 0.1) is 5.56 Å². The number of benzene rings is 1. The van der Waals surface area contributed by atoms with Gasteiger partial charge in [0.25, 0.3) is 0 Å². The van der Waals surface area contributed by atoms with Crippen molar-refractivity contribution in [3.8, 4) is 0 Å². The molecule has 2 rings (SSSR count). The summed E-state index contributed by atoms with van der Waals surface area (Å²) in [5, 5.41) is 8.94. The third-order valence-corrected chi connectivity index (χ3v) is 3.66. The normalized spacial score (nSPS) is 16.6. The van der Waals surface area contributed by atoms with Crippen molar-refractivity contribution in [1.29, 1.82) is 0 Å². The number of rotatable bonds is 3. The van der Waals surface area contributed by atoms with Crippen molar-refractivity contribution in [3.63, 3.8) is 0 Å². The van der Waals surface area contributed by atoms with E-state index in [0.29, 0.717) is 11.7 Å². The molecule has 1 saturated carbocycles. The minimum Gasteiger partial charge on any atom is -0.478 e. The van der Waals surface area contributed by atoms with E-state index >= 15 is 0 Å². The molecule has 0 bridgehead atoms. The molecule has 0 heterocycles. The molecule has 18 heavy (non-hydrogen) atoms. The summed E-state index contributed by atoms with van der Waals surface area (Å²) in [6.07, 6.45) is 5.82. The first kappa shape index (κ1) is 12.9. The summed E-state index contributed by atoms with van der Waals surface area (Å²) >= 11 is 0. The fourth-order valence-corrected chi connectivity index (χ4v) is 2.58. The second-order valence-electron chi connectivity index (χ2n) is 4.91. The molecule has 1 aromatic carbocycles. The molecule has 0 unspecified atom stereocenters. The van der Waals surface area contributed by atoms with Crippen molar-refractivity contribution in [2.45, 2.75) is 38.1 Å². The molecule has 1 fully saturated rings. The summed E-state index contributed by atoms with van der Waals surface area (Å²) < 4.78 is 13.4. The first-order chi connectivity index (χ1) is 8.58. The van der Waals surface area contributed by atoms with Crippen molar-refractivity contribution >= 4 is 11.7 Å². The maximum absolute atomic E-state index is 13.4. The Labute approximate surface area is 106 Å². The number of carboxylic acids is 1. The van der Waals surface area contributed by atoms with E-state index in [-0.39, 0.29) is 5.56 Å². The standard InChI is InChI=1S/C14H18FNO2/c1-16(12-5-3-2-4-6-12)13-8-10(14(17)18)7-11(15)9-13/h7-9,12H,2-6H2,1H3,(H,17,18). The van der Waals surface area contributed by atoms with Gasteiger partial charge in [-0.1, -0.05) is 19.3 Å². The molecule has 1 aromatic rings. The Morgan fingerprint density at radius 3 is 2.56 bits per heavy atom. The van der Waals surface area contributed by atoms with Gasteiger partial charge in [-0.2, -0.15) is 0 Å². The van der Waals surface area contributed by atoms with E-state index in [4.69, 9.17) is 5.11 Å². The molecule has 3 nitrogen and oxygen atoms in total. The third kappa shape index (κ3) is 2.81. The zero-order valence-corrected chi connectivity index (χ0v) is 10.5. The van der Waals surface area contributed by atoms with Crippen molar-refractivity contribution in [2.75, 3.05) is 11.9 Å². The Morgan fingerprint density at radius 1 is 1.28 bits per heavy atom.